The zero-order valence-corrected chi connectivity index (χ0v) is 8.12. The molecule has 1 aromatic rings. The van der Waals surface area contributed by atoms with Crippen LogP contribution in [0.2, 0.25) is 0 Å². The summed E-state index contributed by atoms with van der Waals surface area (Å²) in [7, 11) is 1.92. The first-order chi connectivity index (χ1) is 6.15. The molecule has 13 heavy (non-hydrogen) atoms. The average molecular weight is 180 g/mol. The van der Waals surface area contributed by atoms with Gasteiger partial charge in [-0.15, -0.1) is 0 Å². The monoisotopic (exact) mass is 180 g/mol. The summed E-state index contributed by atoms with van der Waals surface area (Å²) in [5.74, 6) is 5.55. The van der Waals surface area contributed by atoms with Gasteiger partial charge in [0.15, 0.2) is 0 Å². The van der Waals surface area contributed by atoms with E-state index >= 15 is 0 Å². The fraction of sp³-hybridized carbons (Fsp3) is 0.667. The minimum Gasteiger partial charge on any atom is -0.275 e. The van der Waals surface area contributed by atoms with Crippen molar-refractivity contribution in [2.24, 2.45) is 18.3 Å². The Morgan fingerprint density at radius 1 is 1.69 bits per heavy atom. The molecule has 1 aliphatic rings. The minimum absolute atomic E-state index is 0.251. The van der Waals surface area contributed by atoms with Gasteiger partial charge in [0, 0.05) is 18.8 Å². The number of hydrogen-bond donors (Lipinski definition) is 2. The summed E-state index contributed by atoms with van der Waals surface area (Å²) in [5.41, 5.74) is 4.41. The van der Waals surface area contributed by atoms with Crippen molar-refractivity contribution in [2.45, 2.75) is 25.8 Å². The number of aryl methyl sites for hydroxylation is 1. The van der Waals surface area contributed by atoms with Gasteiger partial charge in [-0.05, 0) is 18.3 Å². The Kier molecular flexibility index (Phi) is 1.89. The molecule has 0 bridgehead atoms. The smallest absolute Gasteiger partial charge is 0.0544 e. The van der Waals surface area contributed by atoms with Crippen LogP contribution in [0, 0.1) is 5.41 Å². The van der Waals surface area contributed by atoms with Crippen molar-refractivity contribution >= 4 is 0 Å². The van der Waals surface area contributed by atoms with E-state index < -0.39 is 0 Å². The summed E-state index contributed by atoms with van der Waals surface area (Å²) in [6.45, 7) is 2.25. The number of nitrogens with one attached hydrogen (secondary N) is 1. The Labute approximate surface area is 78.1 Å². The second-order valence-electron chi connectivity index (χ2n) is 4.20. The molecule has 0 amide bonds. The Hall–Kier alpha value is -0.870. The Balaban J connectivity index is 2.22. The third-order valence-electron chi connectivity index (χ3n) is 2.96. The van der Waals surface area contributed by atoms with Crippen molar-refractivity contribution in [2.75, 3.05) is 0 Å². The summed E-state index contributed by atoms with van der Waals surface area (Å²) < 4.78 is 1.81. The van der Waals surface area contributed by atoms with Gasteiger partial charge >= 0.3 is 0 Å². The lowest BCUT2D eigenvalue weighted by Gasteiger charge is -2.20. The van der Waals surface area contributed by atoms with E-state index in [0.717, 1.165) is 0 Å². The first-order valence-corrected chi connectivity index (χ1v) is 4.60. The molecule has 1 saturated carbocycles. The fourth-order valence-electron chi connectivity index (χ4n) is 1.77. The lowest BCUT2D eigenvalue weighted by atomic mass is 9.95. The third-order valence-corrected chi connectivity index (χ3v) is 2.96. The second kappa shape index (κ2) is 2.82. The van der Waals surface area contributed by atoms with Gasteiger partial charge in [0.05, 0.1) is 12.2 Å². The normalized spacial score (nSPS) is 21.5. The van der Waals surface area contributed by atoms with Crippen molar-refractivity contribution in [3.8, 4) is 0 Å². The van der Waals surface area contributed by atoms with Crippen LogP contribution in [0.4, 0.5) is 0 Å². The van der Waals surface area contributed by atoms with Crippen LogP contribution in [0.15, 0.2) is 12.4 Å². The van der Waals surface area contributed by atoms with Gasteiger partial charge in [0.1, 0.15) is 0 Å². The van der Waals surface area contributed by atoms with Gasteiger partial charge in [0.2, 0.25) is 0 Å². The van der Waals surface area contributed by atoms with E-state index in [-0.39, 0.29) is 6.04 Å². The summed E-state index contributed by atoms with van der Waals surface area (Å²) in [6, 6.07) is 0.251. The van der Waals surface area contributed by atoms with Gasteiger partial charge in [-0.3, -0.25) is 16.0 Å². The maximum atomic E-state index is 5.55. The molecule has 1 atom stereocenters. The minimum atomic E-state index is 0.251. The number of hydrazine groups is 1. The van der Waals surface area contributed by atoms with E-state index in [1.807, 2.05) is 24.1 Å². The van der Waals surface area contributed by atoms with Crippen LogP contribution >= 0.6 is 0 Å². The number of nitrogens with two attached hydrogens (primary N) is 1. The first kappa shape index (κ1) is 8.72. The molecule has 72 valence electrons. The first-order valence-electron chi connectivity index (χ1n) is 4.60. The van der Waals surface area contributed by atoms with Crippen LogP contribution < -0.4 is 11.3 Å². The van der Waals surface area contributed by atoms with Crippen LogP contribution in [0.5, 0.6) is 0 Å². The number of rotatable bonds is 3. The van der Waals surface area contributed by atoms with Crippen molar-refractivity contribution < 1.29 is 0 Å². The molecule has 1 aromatic heterocycles. The molecule has 0 spiro atoms. The van der Waals surface area contributed by atoms with E-state index in [1.54, 1.807) is 0 Å². The van der Waals surface area contributed by atoms with Gasteiger partial charge in [-0.2, -0.15) is 5.10 Å². The molecule has 0 radical (unpaired) electrons. The topological polar surface area (TPSA) is 55.9 Å². The molecule has 4 nitrogen and oxygen atoms in total. The summed E-state index contributed by atoms with van der Waals surface area (Å²) in [6.07, 6.45) is 6.40. The highest BCUT2D eigenvalue weighted by atomic mass is 15.3. The average Bonchev–Trinajstić information content (AvgIpc) is 2.67. The number of nitrogens with zero attached hydrogens (tertiary/aromatic N) is 2. The van der Waals surface area contributed by atoms with E-state index in [4.69, 9.17) is 5.84 Å². The van der Waals surface area contributed by atoms with Crippen LogP contribution in [-0.2, 0) is 7.05 Å². The molecule has 3 N–H and O–H groups in total. The molecule has 1 aliphatic carbocycles. The SMILES string of the molecule is Cn1cc(C(NN)C2(C)CC2)cn1. The highest BCUT2D eigenvalue weighted by Gasteiger charge is 2.45. The van der Waals surface area contributed by atoms with Crippen molar-refractivity contribution in [3.05, 3.63) is 18.0 Å². The van der Waals surface area contributed by atoms with Gasteiger partial charge in [-0.25, -0.2) is 0 Å². The van der Waals surface area contributed by atoms with Crippen molar-refractivity contribution in [1.82, 2.24) is 15.2 Å². The highest BCUT2D eigenvalue weighted by Crippen LogP contribution is 2.53. The Morgan fingerprint density at radius 3 is 2.77 bits per heavy atom. The fourth-order valence-corrected chi connectivity index (χ4v) is 1.77. The molecule has 0 aromatic carbocycles. The zero-order valence-electron chi connectivity index (χ0n) is 8.12. The molecular weight excluding hydrogens is 164 g/mol. The third kappa shape index (κ3) is 1.47. The molecule has 2 rings (SSSR count). The molecule has 4 heteroatoms. The van der Waals surface area contributed by atoms with Crippen LogP contribution in [-0.4, -0.2) is 9.78 Å². The van der Waals surface area contributed by atoms with E-state index in [0.29, 0.717) is 5.41 Å². The maximum Gasteiger partial charge on any atom is 0.0544 e. The van der Waals surface area contributed by atoms with Gasteiger partial charge < -0.3 is 0 Å². The lowest BCUT2D eigenvalue weighted by molar-refractivity contribution is 0.372. The summed E-state index contributed by atoms with van der Waals surface area (Å²) in [4.78, 5) is 0. The molecule has 1 heterocycles. The largest absolute Gasteiger partial charge is 0.275 e. The van der Waals surface area contributed by atoms with Crippen LogP contribution in [0.25, 0.3) is 0 Å². The molecule has 0 aliphatic heterocycles. The standard InChI is InChI=1S/C9H16N4/c1-9(3-4-9)8(12-10)7-5-11-13(2)6-7/h5-6,8,12H,3-4,10H2,1-2H3. The highest BCUT2D eigenvalue weighted by molar-refractivity contribution is 5.17. The van der Waals surface area contributed by atoms with Crippen LogP contribution in [0.3, 0.4) is 0 Å². The molecular formula is C9H16N4. The van der Waals surface area contributed by atoms with E-state index in [1.165, 1.54) is 18.4 Å². The maximum absolute atomic E-state index is 5.55. The van der Waals surface area contributed by atoms with Gasteiger partial charge in [-0.1, -0.05) is 6.92 Å². The van der Waals surface area contributed by atoms with Gasteiger partial charge in [0.25, 0.3) is 0 Å². The predicted molar refractivity (Wildman–Crippen MR) is 50.6 cm³/mol. The Bertz CT molecular complexity index is 300. The van der Waals surface area contributed by atoms with Crippen molar-refractivity contribution in [1.29, 1.82) is 0 Å². The number of aromatic nitrogens is 2. The number of hydrogen-bond acceptors (Lipinski definition) is 3. The summed E-state index contributed by atoms with van der Waals surface area (Å²) in [5, 5.41) is 4.15. The summed E-state index contributed by atoms with van der Waals surface area (Å²) >= 11 is 0. The molecule has 1 fully saturated rings. The molecule has 0 saturated heterocycles. The quantitative estimate of drug-likeness (QED) is 0.532. The predicted octanol–water partition coefficient (Wildman–Crippen LogP) is 0.725. The molecule has 1 unspecified atom stereocenters. The second-order valence-corrected chi connectivity index (χ2v) is 4.20. The van der Waals surface area contributed by atoms with E-state index in [9.17, 15) is 0 Å². The van der Waals surface area contributed by atoms with E-state index in [2.05, 4.69) is 17.4 Å². The lowest BCUT2D eigenvalue weighted by Crippen LogP contribution is -2.33. The zero-order chi connectivity index (χ0) is 9.47. The van der Waals surface area contributed by atoms with Crippen LogP contribution in [0.1, 0.15) is 31.4 Å². The Morgan fingerprint density at radius 2 is 2.38 bits per heavy atom. The van der Waals surface area contributed by atoms with Crippen molar-refractivity contribution in [3.63, 3.8) is 0 Å².